The van der Waals surface area contributed by atoms with E-state index < -0.39 is 30.5 Å². The van der Waals surface area contributed by atoms with Gasteiger partial charge in [0.2, 0.25) is 11.8 Å². The first-order valence-corrected chi connectivity index (χ1v) is 8.66. The molecule has 0 spiro atoms. The van der Waals surface area contributed by atoms with Crippen molar-refractivity contribution in [1.29, 1.82) is 0 Å². The molecule has 0 aliphatic carbocycles. The van der Waals surface area contributed by atoms with Crippen LogP contribution < -0.4 is 11.5 Å². The minimum absolute atomic E-state index is 0.177. The lowest BCUT2D eigenvalue weighted by molar-refractivity contribution is -0.127. The molecule has 0 saturated carbocycles. The predicted molar refractivity (Wildman–Crippen MR) is 87.9 cm³/mol. The molecule has 0 aliphatic heterocycles. The van der Waals surface area contributed by atoms with Crippen molar-refractivity contribution < 1.29 is 23.9 Å². The number of hydrogen-bond acceptors (Lipinski definition) is 3. The van der Waals surface area contributed by atoms with Gasteiger partial charge in [-0.2, -0.15) is 0 Å². The second-order valence-corrected chi connectivity index (χ2v) is 6.99. The van der Waals surface area contributed by atoms with Crippen molar-refractivity contribution in [3.8, 4) is 0 Å². The van der Waals surface area contributed by atoms with Crippen LogP contribution >= 0.6 is 7.60 Å². The highest BCUT2D eigenvalue weighted by Gasteiger charge is 2.57. The second kappa shape index (κ2) is 6.57. The first-order valence-electron chi connectivity index (χ1n) is 6.98. The fourth-order valence-corrected chi connectivity index (χ4v) is 4.20. The molecule has 0 heterocycles. The van der Waals surface area contributed by atoms with Crippen LogP contribution in [-0.2, 0) is 19.6 Å². The van der Waals surface area contributed by atoms with Crippen molar-refractivity contribution in [1.82, 2.24) is 0 Å². The van der Waals surface area contributed by atoms with E-state index in [1.54, 1.807) is 36.4 Å². The molecule has 24 heavy (non-hydrogen) atoms. The molecule has 0 bridgehead atoms. The summed E-state index contributed by atoms with van der Waals surface area (Å²) in [6.45, 7) is 0. The Morgan fingerprint density at radius 2 is 1.25 bits per heavy atom. The summed E-state index contributed by atoms with van der Waals surface area (Å²) in [6, 6.07) is 15.5. The van der Waals surface area contributed by atoms with E-state index in [1.165, 1.54) is 24.3 Å². The van der Waals surface area contributed by atoms with Crippen LogP contribution in [0.15, 0.2) is 60.7 Å². The molecule has 0 radical (unpaired) electrons. The van der Waals surface area contributed by atoms with Gasteiger partial charge in [0.15, 0.2) is 5.66 Å². The molecule has 2 amide bonds. The maximum atomic E-state index is 12.5. The van der Waals surface area contributed by atoms with Crippen molar-refractivity contribution >= 4 is 19.4 Å². The Morgan fingerprint density at radius 3 is 1.50 bits per heavy atom. The molecule has 8 heteroatoms. The van der Waals surface area contributed by atoms with Crippen molar-refractivity contribution in [2.24, 2.45) is 11.5 Å². The van der Waals surface area contributed by atoms with Gasteiger partial charge in [-0.25, -0.2) is 0 Å². The minimum atomic E-state index is -5.11. The molecule has 0 aliphatic rings. The van der Waals surface area contributed by atoms with Gasteiger partial charge < -0.3 is 21.3 Å². The van der Waals surface area contributed by atoms with Crippen molar-refractivity contribution in [2.75, 3.05) is 0 Å². The van der Waals surface area contributed by atoms with Crippen LogP contribution in [0.25, 0.3) is 0 Å². The van der Waals surface area contributed by atoms with E-state index in [0.29, 0.717) is 0 Å². The van der Waals surface area contributed by atoms with E-state index >= 15 is 0 Å². The Labute approximate surface area is 138 Å². The van der Waals surface area contributed by atoms with E-state index in [9.17, 15) is 23.9 Å². The summed E-state index contributed by atoms with van der Waals surface area (Å²) in [5.74, 6) is -2.39. The number of carbonyl (C=O) groups is 2. The van der Waals surface area contributed by atoms with Gasteiger partial charge in [-0.1, -0.05) is 60.7 Å². The molecule has 6 N–H and O–H groups in total. The van der Waals surface area contributed by atoms with Gasteiger partial charge in [-0.05, 0) is 11.1 Å². The number of amides is 2. The van der Waals surface area contributed by atoms with Crippen LogP contribution in [0.2, 0.25) is 0 Å². The highest BCUT2D eigenvalue weighted by atomic mass is 31.2. The molecule has 2 rings (SSSR count). The third-order valence-corrected chi connectivity index (χ3v) is 5.18. The standard InChI is InChI=1S/C16H17N2O5P/c17-14(19)13(24(21,22)23)16(15(18)20,11-7-3-1-4-8-11)12-9-5-2-6-10-12/h1-10,13H,(H2,17,19)(H2,18,20)(H2,21,22,23). The Bertz CT molecular complexity index is 749. The van der Waals surface area contributed by atoms with Crippen molar-refractivity contribution in [3.63, 3.8) is 0 Å². The largest absolute Gasteiger partial charge is 0.369 e. The van der Waals surface area contributed by atoms with E-state index in [2.05, 4.69) is 0 Å². The molecule has 0 fully saturated rings. The number of nitrogens with two attached hydrogens (primary N) is 2. The first-order chi connectivity index (χ1) is 11.2. The Balaban J connectivity index is 2.95. The van der Waals surface area contributed by atoms with Crippen molar-refractivity contribution in [3.05, 3.63) is 71.8 Å². The molecule has 0 aromatic heterocycles. The predicted octanol–water partition coefficient (Wildman–Crippen LogP) is 0.490. The van der Waals surface area contributed by atoms with Crippen molar-refractivity contribution in [2.45, 2.75) is 11.1 Å². The average Bonchev–Trinajstić information content (AvgIpc) is 2.52. The van der Waals surface area contributed by atoms with Gasteiger partial charge >= 0.3 is 7.60 Å². The fraction of sp³-hybridized carbons (Fsp3) is 0.125. The lowest BCUT2D eigenvalue weighted by Gasteiger charge is -2.37. The number of hydrogen-bond donors (Lipinski definition) is 4. The van der Waals surface area contributed by atoms with Gasteiger partial charge in [-0.15, -0.1) is 0 Å². The lowest BCUT2D eigenvalue weighted by atomic mass is 9.70. The molecule has 126 valence electrons. The average molecular weight is 348 g/mol. The molecular formula is C16H17N2O5P. The van der Waals surface area contributed by atoms with Crippen LogP contribution in [0.4, 0.5) is 0 Å². The van der Waals surface area contributed by atoms with Gasteiger partial charge in [0.25, 0.3) is 0 Å². The SMILES string of the molecule is NC(=O)C(C(C(N)=O)(c1ccccc1)c1ccccc1)P(=O)(O)O. The second-order valence-electron chi connectivity index (χ2n) is 5.30. The Morgan fingerprint density at radius 1 is 0.875 bits per heavy atom. The summed E-state index contributed by atoms with van der Waals surface area (Å²) in [5.41, 5.74) is 6.99. The first kappa shape index (κ1) is 17.9. The summed E-state index contributed by atoms with van der Waals surface area (Å²) >= 11 is 0. The maximum absolute atomic E-state index is 12.5. The monoisotopic (exact) mass is 348 g/mol. The lowest BCUT2D eigenvalue weighted by Crippen LogP contribution is -2.56. The van der Waals surface area contributed by atoms with E-state index in [1.807, 2.05) is 0 Å². The fourth-order valence-electron chi connectivity index (χ4n) is 2.94. The molecule has 7 nitrogen and oxygen atoms in total. The smallest absolute Gasteiger partial charge is 0.339 e. The number of benzene rings is 2. The van der Waals surface area contributed by atoms with Crippen LogP contribution in [0, 0.1) is 0 Å². The molecule has 2 aromatic rings. The summed E-state index contributed by atoms with van der Waals surface area (Å²) in [4.78, 5) is 44.0. The third-order valence-electron chi connectivity index (χ3n) is 3.86. The summed E-state index contributed by atoms with van der Waals surface area (Å²) in [5, 5.41) is 0. The van der Waals surface area contributed by atoms with Crippen LogP contribution in [0.3, 0.4) is 0 Å². The Kier molecular flexibility index (Phi) is 4.89. The molecule has 2 aromatic carbocycles. The quantitative estimate of drug-likeness (QED) is 0.562. The molecular weight excluding hydrogens is 331 g/mol. The van der Waals surface area contributed by atoms with Gasteiger partial charge in [-0.3, -0.25) is 14.2 Å². The van der Waals surface area contributed by atoms with E-state index in [4.69, 9.17) is 11.5 Å². The van der Waals surface area contributed by atoms with Gasteiger partial charge in [0, 0.05) is 0 Å². The maximum Gasteiger partial charge on any atom is 0.339 e. The minimum Gasteiger partial charge on any atom is -0.369 e. The van der Waals surface area contributed by atoms with Gasteiger partial charge in [0.1, 0.15) is 5.41 Å². The summed E-state index contributed by atoms with van der Waals surface area (Å²) < 4.78 is 12.1. The third kappa shape index (κ3) is 2.97. The van der Waals surface area contributed by atoms with Crippen LogP contribution in [0.5, 0.6) is 0 Å². The highest BCUT2D eigenvalue weighted by Crippen LogP contribution is 2.53. The van der Waals surface area contributed by atoms with E-state index in [0.717, 1.165) is 0 Å². The topological polar surface area (TPSA) is 144 Å². The van der Waals surface area contributed by atoms with Crippen LogP contribution in [0.1, 0.15) is 11.1 Å². The normalized spacial score (nSPS) is 13.2. The number of primary amides is 2. The number of carbonyl (C=O) groups excluding carboxylic acids is 2. The molecule has 0 saturated heterocycles. The van der Waals surface area contributed by atoms with Gasteiger partial charge in [0.05, 0.1) is 0 Å². The molecule has 1 atom stereocenters. The van der Waals surface area contributed by atoms with E-state index in [-0.39, 0.29) is 11.1 Å². The zero-order valence-corrected chi connectivity index (χ0v) is 13.5. The Hall–Kier alpha value is -2.47. The number of rotatable bonds is 6. The zero-order valence-electron chi connectivity index (χ0n) is 12.6. The molecule has 1 unspecified atom stereocenters. The zero-order chi connectivity index (χ0) is 18.0. The highest BCUT2D eigenvalue weighted by molar-refractivity contribution is 7.54. The van der Waals surface area contributed by atoms with Crippen LogP contribution in [-0.4, -0.2) is 27.3 Å². The summed E-state index contributed by atoms with van der Waals surface area (Å²) in [7, 11) is -5.11. The summed E-state index contributed by atoms with van der Waals surface area (Å²) in [6.07, 6.45) is 0.